The number of aromatic nitrogens is 3. The number of piperazine rings is 1. The Morgan fingerprint density at radius 1 is 0.757 bits per heavy atom. The van der Waals surface area contributed by atoms with Gasteiger partial charge < -0.3 is 14.4 Å². The molecule has 5 aromatic rings. The molecule has 6 rings (SSSR count). The van der Waals surface area contributed by atoms with Crippen molar-refractivity contribution in [1.29, 1.82) is 0 Å². The zero-order valence-corrected chi connectivity index (χ0v) is 21.1. The fourth-order valence-electron chi connectivity index (χ4n) is 5.11. The Kier molecular flexibility index (Phi) is 5.93. The maximum atomic E-state index is 11.6. The highest BCUT2D eigenvalue weighted by Crippen LogP contribution is 2.37. The predicted octanol–water partition coefficient (Wildman–Crippen LogP) is 5.93. The van der Waals surface area contributed by atoms with Crippen LogP contribution in [0.4, 0.5) is 11.5 Å². The number of carbonyl (C=O) groups excluding carboxylic acids is 1. The second kappa shape index (κ2) is 9.54. The molecule has 0 atom stereocenters. The molecule has 6 heteroatoms. The number of aryl methyl sites for hydroxylation is 1. The Labute approximate surface area is 216 Å². The highest BCUT2D eigenvalue weighted by atomic mass is 16.1. The normalized spacial score (nSPS) is 13.8. The summed E-state index contributed by atoms with van der Waals surface area (Å²) in [7, 11) is 0. The maximum absolute atomic E-state index is 11.6. The second-order valence-electron chi connectivity index (χ2n) is 9.59. The SMILES string of the molecule is CC(=O)c1ccc(N2CCN(c3ncnc4c3c(-c3ccccc3)cn4-c3ccc(C)cc3)CC2)cc1. The van der Waals surface area contributed by atoms with Crippen molar-refractivity contribution in [2.24, 2.45) is 0 Å². The van der Waals surface area contributed by atoms with Crippen molar-refractivity contribution in [1.82, 2.24) is 14.5 Å². The third-order valence-electron chi connectivity index (χ3n) is 7.18. The minimum absolute atomic E-state index is 0.0935. The molecule has 0 aliphatic carbocycles. The van der Waals surface area contributed by atoms with Gasteiger partial charge in [-0.1, -0.05) is 48.0 Å². The summed E-state index contributed by atoms with van der Waals surface area (Å²) < 4.78 is 2.18. The first-order valence-corrected chi connectivity index (χ1v) is 12.7. The van der Waals surface area contributed by atoms with Crippen LogP contribution in [0.3, 0.4) is 0 Å². The number of hydrogen-bond donors (Lipinski definition) is 0. The quantitative estimate of drug-likeness (QED) is 0.288. The van der Waals surface area contributed by atoms with Gasteiger partial charge in [-0.05, 0) is 55.8 Å². The molecular weight excluding hydrogens is 458 g/mol. The van der Waals surface area contributed by atoms with Crippen LogP contribution in [0.25, 0.3) is 27.8 Å². The van der Waals surface area contributed by atoms with E-state index in [1.54, 1.807) is 13.3 Å². The Balaban J connectivity index is 1.37. The van der Waals surface area contributed by atoms with E-state index in [0.717, 1.165) is 71.1 Å². The third kappa shape index (κ3) is 4.35. The first-order chi connectivity index (χ1) is 18.1. The van der Waals surface area contributed by atoms with E-state index in [1.165, 1.54) is 5.56 Å². The molecular formula is C31H29N5O. The van der Waals surface area contributed by atoms with Crippen molar-refractivity contribution >= 4 is 28.3 Å². The molecule has 0 amide bonds. The van der Waals surface area contributed by atoms with Crippen molar-refractivity contribution in [3.8, 4) is 16.8 Å². The number of Topliss-reactive ketones (excluding diaryl/α,β-unsaturated/α-hetero) is 1. The second-order valence-corrected chi connectivity index (χ2v) is 9.59. The van der Waals surface area contributed by atoms with Crippen molar-refractivity contribution in [3.05, 3.63) is 103 Å². The lowest BCUT2D eigenvalue weighted by atomic mass is 10.1. The molecule has 184 valence electrons. The molecule has 2 aromatic heterocycles. The summed E-state index contributed by atoms with van der Waals surface area (Å²) in [5.74, 6) is 1.07. The molecule has 6 nitrogen and oxygen atoms in total. The summed E-state index contributed by atoms with van der Waals surface area (Å²) in [6.07, 6.45) is 3.87. The smallest absolute Gasteiger partial charge is 0.159 e. The highest BCUT2D eigenvalue weighted by molar-refractivity contribution is 6.02. The van der Waals surface area contributed by atoms with Crippen LogP contribution >= 0.6 is 0 Å². The summed E-state index contributed by atoms with van der Waals surface area (Å²) in [5, 5.41) is 1.08. The van der Waals surface area contributed by atoms with E-state index in [-0.39, 0.29) is 5.78 Å². The molecule has 1 fully saturated rings. The van der Waals surface area contributed by atoms with Crippen molar-refractivity contribution < 1.29 is 4.79 Å². The van der Waals surface area contributed by atoms with E-state index in [1.807, 2.05) is 30.3 Å². The van der Waals surface area contributed by atoms with Crippen LogP contribution in [0.1, 0.15) is 22.8 Å². The van der Waals surface area contributed by atoms with E-state index < -0.39 is 0 Å². The Morgan fingerprint density at radius 2 is 1.41 bits per heavy atom. The van der Waals surface area contributed by atoms with Gasteiger partial charge in [-0.3, -0.25) is 4.79 Å². The molecule has 3 aromatic carbocycles. The average molecular weight is 488 g/mol. The third-order valence-corrected chi connectivity index (χ3v) is 7.18. The molecule has 3 heterocycles. The van der Waals surface area contributed by atoms with E-state index in [0.29, 0.717) is 0 Å². The molecule has 1 aliphatic heterocycles. The van der Waals surface area contributed by atoms with E-state index >= 15 is 0 Å². The van der Waals surface area contributed by atoms with Crippen LogP contribution in [0.5, 0.6) is 0 Å². The summed E-state index contributed by atoms with van der Waals surface area (Å²) in [5.41, 5.74) is 7.40. The van der Waals surface area contributed by atoms with Gasteiger partial charge in [0.25, 0.3) is 0 Å². The first kappa shape index (κ1) is 23.0. The lowest BCUT2D eigenvalue weighted by Gasteiger charge is -2.37. The number of ketones is 1. The molecule has 0 N–H and O–H groups in total. The van der Waals surface area contributed by atoms with Crippen LogP contribution in [-0.4, -0.2) is 46.5 Å². The van der Waals surface area contributed by atoms with Gasteiger partial charge in [-0.2, -0.15) is 0 Å². The van der Waals surface area contributed by atoms with Crippen LogP contribution in [0.15, 0.2) is 91.4 Å². The van der Waals surface area contributed by atoms with Crippen LogP contribution < -0.4 is 9.80 Å². The van der Waals surface area contributed by atoms with Crippen molar-refractivity contribution in [2.75, 3.05) is 36.0 Å². The van der Waals surface area contributed by atoms with Gasteiger partial charge in [0.1, 0.15) is 12.1 Å². The molecule has 0 radical (unpaired) electrons. The fraction of sp³-hybridized carbons (Fsp3) is 0.194. The molecule has 37 heavy (non-hydrogen) atoms. The molecule has 0 unspecified atom stereocenters. The fourth-order valence-corrected chi connectivity index (χ4v) is 5.11. The predicted molar refractivity (Wildman–Crippen MR) is 150 cm³/mol. The zero-order chi connectivity index (χ0) is 25.4. The van der Waals surface area contributed by atoms with Gasteiger partial charge in [0.2, 0.25) is 0 Å². The van der Waals surface area contributed by atoms with Gasteiger partial charge in [0.15, 0.2) is 11.4 Å². The summed E-state index contributed by atoms with van der Waals surface area (Å²) in [4.78, 5) is 25.9. The Morgan fingerprint density at radius 3 is 2.08 bits per heavy atom. The Bertz CT molecular complexity index is 1550. The van der Waals surface area contributed by atoms with Crippen LogP contribution in [0, 0.1) is 6.92 Å². The number of rotatable bonds is 5. The van der Waals surface area contributed by atoms with Gasteiger partial charge in [0, 0.05) is 54.9 Å². The van der Waals surface area contributed by atoms with Gasteiger partial charge in [0.05, 0.1) is 5.39 Å². The Hall–Kier alpha value is -4.45. The van der Waals surface area contributed by atoms with Crippen LogP contribution in [-0.2, 0) is 0 Å². The lowest BCUT2D eigenvalue weighted by Crippen LogP contribution is -2.47. The van der Waals surface area contributed by atoms with Crippen molar-refractivity contribution in [3.63, 3.8) is 0 Å². The molecule has 0 spiro atoms. The number of fused-ring (bicyclic) bond motifs is 1. The first-order valence-electron chi connectivity index (χ1n) is 12.7. The maximum Gasteiger partial charge on any atom is 0.159 e. The number of hydrogen-bond acceptors (Lipinski definition) is 5. The highest BCUT2D eigenvalue weighted by Gasteiger charge is 2.24. The summed E-state index contributed by atoms with van der Waals surface area (Å²) >= 11 is 0. The molecule has 0 saturated carbocycles. The van der Waals surface area contributed by atoms with E-state index in [9.17, 15) is 4.79 Å². The van der Waals surface area contributed by atoms with E-state index in [4.69, 9.17) is 9.97 Å². The number of benzene rings is 3. The van der Waals surface area contributed by atoms with Gasteiger partial charge in [-0.25, -0.2) is 9.97 Å². The molecule has 1 saturated heterocycles. The molecule has 1 aliphatic rings. The van der Waals surface area contributed by atoms with E-state index in [2.05, 4.69) is 76.0 Å². The standard InChI is InChI=1S/C31H29N5O/c1-22-8-12-27(13-9-22)36-20-28(25-6-4-3-5-7-25)29-30(32-21-33-31(29)36)35-18-16-34(17-19-35)26-14-10-24(11-15-26)23(2)37/h3-15,20-21H,16-19H2,1-2H3. The minimum atomic E-state index is 0.0935. The molecule has 0 bridgehead atoms. The number of carbonyl (C=O) groups is 1. The average Bonchev–Trinajstić information content (AvgIpc) is 3.34. The minimum Gasteiger partial charge on any atom is -0.368 e. The number of anilines is 2. The van der Waals surface area contributed by atoms with Crippen LogP contribution in [0.2, 0.25) is 0 Å². The van der Waals surface area contributed by atoms with Crippen molar-refractivity contribution in [2.45, 2.75) is 13.8 Å². The monoisotopic (exact) mass is 487 g/mol. The lowest BCUT2D eigenvalue weighted by molar-refractivity contribution is 0.101. The van der Waals surface area contributed by atoms with Gasteiger partial charge in [-0.15, -0.1) is 0 Å². The largest absolute Gasteiger partial charge is 0.368 e. The summed E-state index contributed by atoms with van der Waals surface area (Å²) in [6.45, 7) is 7.17. The summed E-state index contributed by atoms with van der Waals surface area (Å²) in [6, 6.07) is 27.0. The zero-order valence-electron chi connectivity index (χ0n) is 21.1. The number of nitrogens with zero attached hydrogens (tertiary/aromatic N) is 5. The topological polar surface area (TPSA) is 54.3 Å². The van der Waals surface area contributed by atoms with Gasteiger partial charge >= 0.3 is 0 Å².